The molecule has 0 bridgehead atoms. The Balaban J connectivity index is 1.31. The molecule has 5 rings (SSSR count). The van der Waals surface area contributed by atoms with Crippen LogP contribution in [0.15, 0.2) is 29.1 Å². The summed E-state index contributed by atoms with van der Waals surface area (Å²) < 4.78 is 26.4. The second kappa shape index (κ2) is 7.10. The molecule has 8 heteroatoms. The Hall–Kier alpha value is -2.92. The molecule has 1 unspecified atom stereocenters. The number of methoxy groups -OCH3 is 1. The number of aromatic nitrogens is 2. The average Bonchev–Trinajstić information content (AvgIpc) is 3.09. The molecule has 2 aliphatic heterocycles. The normalized spacial score (nSPS) is 26.6. The quantitative estimate of drug-likeness (QED) is 0.771. The number of piperidine rings is 1. The zero-order chi connectivity index (χ0) is 20.9. The van der Waals surface area contributed by atoms with Gasteiger partial charge in [0.05, 0.1) is 11.7 Å². The number of nitrogens with zero attached hydrogens (tertiary/aromatic N) is 4. The van der Waals surface area contributed by atoms with E-state index >= 15 is 0 Å². The number of rotatable bonds is 4. The summed E-state index contributed by atoms with van der Waals surface area (Å²) in [6.07, 6.45) is 4.75. The van der Waals surface area contributed by atoms with E-state index in [-0.39, 0.29) is 23.7 Å². The first kappa shape index (κ1) is 19.1. The van der Waals surface area contributed by atoms with Gasteiger partial charge in [-0.05, 0) is 48.8 Å². The molecule has 2 aromatic rings. The number of ether oxygens (including phenoxy) is 2. The van der Waals surface area contributed by atoms with Gasteiger partial charge in [0.25, 0.3) is 0 Å². The van der Waals surface area contributed by atoms with Crippen LogP contribution in [0.5, 0.6) is 5.88 Å². The van der Waals surface area contributed by atoms with Crippen LogP contribution < -0.4 is 15.3 Å². The van der Waals surface area contributed by atoms with Gasteiger partial charge in [0.15, 0.2) is 0 Å². The van der Waals surface area contributed by atoms with Crippen molar-refractivity contribution in [3.63, 3.8) is 0 Å². The molecule has 1 aliphatic carbocycles. The summed E-state index contributed by atoms with van der Waals surface area (Å²) in [7, 11) is 1.78. The first-order chi connectivity index (χ1) is 14.5. The number of anilines is 1. The summed E-state index contributed by atoms with van der Waals surface area (Å²) in [4.78, 5) is 19.0. The zero-order valence-electron chi connectivity index (χ0n) is 16.8. The van der Waals surface area contributed by atoms with E-state index in [1.807, 2.05) is 12.1 Å². The molecule has 3 aliphatic rings. The third kappa shape index (κ3) is 3.14. The van der Waals surface area contributed by atoms with Crippen molar-refractivity contribution in [3.8, 4) is 11.9 Å². The Labute approximate surface area is 173 Å². The van der Waals surface area contributed by atoms with Crippen molar-refractivity contribution >= 4 is 5.82 Å². The lowest BCUT2D eigenvalue weighted by atomic mass is 9.60. The van der Waals surface area contributed by atoms with Crippen LogP contribution in [0.2, 0.25) is 0 Å². The highest BCUT2D eigenvalue weighted by molar-refractivity contribution is 5.48. The number of nitriles is 1. The van der Waals surface area contributed by atoms with E-state index in [1.54, 1.807) is 17.7 Å². The lowest BCUT2D eigenvalue weighted by molar-refractivity contribution is -0.0764. The van der Waals surface area contributed by atoms with Crippen molar-refractivity contribution in [1.82, 2.24) is 9.55 Å². The summed E-state index contributed by atoms with van der Waals surface area (Å²) in [5, 5.41) is 8.97. The maximum Gasteiger partial charge on any atom is 0.352 e. The van der Waals surface area contributed by atoms with Crippen LogP contribution in [0, 0.1) is 22.6 Å². The molecule has 156 valence electrons. The molecular weight excluding hydrogens is 387 g/mol. The molecule has 1 aromatic carbocycles. The molecule has 3 heterocycles. The molecule has 0 amide bonds. The van der Waals surface area contributed by atoms with Crippen molar-refractivity contribution < 1.29 is 13.9 Å². The number of halogens is 1. The fourth-order valence-corrected chi connectivity index (χ4v) is 5.23. The number of hydrogen-bond acceptors (Lipinski definition) is 6. The van der Waals surface area contributed by atoms with Crippen LogP contribution in [0.1, 0.15) is 36.8 Å². The van der Waals surface area contributed by atoms with Gasteiger partial charge in [-0.15, -0.1) is 0 Å². The molecule has 0 N–H and O–H groups in total. The maximum absolute atomic E-state index is 13.5. The van der Waals surface area contributed by atoms with E-state index in [0.717, 1.165) is 38.0 Å². The largest absolute Gasteiger partial charge is 0.473 e. The van der Waals surface area contributed by atoms with Gasteiger partial charge in [-0.1, -0.05) is 6.07 Å². The van der Waals surface area contributed by atoms with Crippen molar-refractivity contribution in [1.29, 1.82) is 5.26 Å². The van der Waals surface area contributed by atoms with Crippen LogP contribution in [-0.2, 0) is 17.9 Å². The van der Waals surface area contributed by atoms with Crippen LogP contribution in [0.25, 0.3) is 0 Å². The molecule has 1 aromatic heterocycles. The molecule has 1 saturated heterocycles. The first-order valence-corrected chi connectivity index (χ1v) is 10.2. The molecule has 0 radical (unpaired) electrons. The second-order valence-corrected chi connectivity index (χ2v) is 8.63. The summed E-state index contributed by atoms with van der Waals surface area (Å²) in [5.41, 5.74) is 0.647. The average molecular weight is 410 g/mol. The summed E-state index contributed by atoms with van der Waals surface area (Å²) in [5.74, 6) is 0.537. The minimum Gasteiger partial charge on any atom is -0.473 e. The maximum atomic E-state index is 13.5. The smallest absolute Gasteiger partial charge is 0.352 e. The lowest BCUT2D eigenvalue weighted by Crippen LogP contribution is -2.53. The van der Waals surface area contributed by atoms with Gasteiger partial charge in [-0.3, -0.25) is 4.57 Å². The van der Waals surface area contributed by atoms with Gasteiger partial charge in [0, 0.05) is 32.3 Å². The topological polar surface area (TPSA) is 80.4 Å². The molecule has 30 heavy (non-hydrogen) atoms. The predicted octanol–water partition coefficient (Wildman–Crippen LogP) is 2.61. The zero-order valence-corrected chi connectivity index (χ0v) is 16.8. The Morgan fingerprint density at radius 1 is 1.33 bits per heavy atom. The van der Waals surface area contributed by atoms with Crippen molar-refractivity contribution in [3.05, 3.63) is 51.7 Å². The van der Waals surface area contributed by atoms with E-state index in [9.17, 15) is 9.18 Å². The number of hydrogen-bond donors (Lipinski definition) is 0. The number of benzene rings is 1. The number of fused-ring (bicyclic) bond motifs is 3. The van der Waals surface area contributed by atoms with Gasteiger partial charge >= 0.3 is 5.69 Å². The SMILES string of the molecule is COC1CC2(CCN3c4cc(OCc5ccc(F)c(C#N)c5)nc(=O)n4CC3C2)C1. The highest BCUT2D eigenvalue weighted by Gasteiger charge is 2.50. The third-order valence-electron chi connectivity index (χ3n) is 6.84. The molecular formula is C22H23FN4O3. The van der Waals surface area contributed by atoms with Crippen molar-refractivity contribution in [2.75, 3.05) is 18.6 Å². The Morgan fingerprint density at radius 3 is 2.93 bits per heavy atom. The Morgan fingerprint density at radius 2 is 2.17 bits per heavy atom. The van der Waals surface area contributed by atoms with Crippen LogP contribution >= 0.6 is 0 Å². The van der Waals surface area contributed by atoms with E-state index in [2.05, 4.69) is 9.88 Å². The van der Waals surface area contributed by atoms with E-state index in [1.165, 1.54) is 12.1 Å². The van der Waals surface area contributed by atoms with Gasteiger partial charge in [0.2, 0.25) is 5.88 Å². The molecule has 7 nitrogen and oxygen atoms in total. The van der Waals surface area contributed by atoms with Crippen molar-refractivity contribution in [2.24, 2.45) is 5.41 Å². The van der Waals surface area contributed by atoms with Crippen LogP contribution in [-0.4, -0.2) is 35.4 Å². The minimum atomic E-state index is -0.563. The molecule has 2 fully saturated rings. The highest BCUT2D eigenvalue weighted by atomic mass is 19.1. The van der Waals surface area contributed by atoms with E-state index in [4.69, 9.17) is 14.7 Å². The molecule has 1 spiro atoms. The molecule has 1 saturated carbocycles. The third-order valence-corrected chi connectivity index (χ3v) is 6.84. The van der Waals surface area contributed by atoms with Crippen molar-refractivity contribution in [2.45, 2.75) is 51.0 Å². The lowest BCUT2D eigenvalue weighted by Gasteiger charge is -2.53. The Bertz CT molecular complexity index is 1090. The highest BCUT2D eigenvalue weighted by Crippen LogP contribution is 2.53. The van der Waals surface area contributed by atoms with Gasteiger partial charge < -0.3 is 14.4 Å². The Kier molecular flexibility index (Phi) is 4.51. The fourth-order valence-electron chi connectivity index (χ4n) is 5.23. The first-order valence-electron chi connectivity index (χ1n) is 10.2. The van der Waals surface area contributed by atoms with Crippen LogP contribution in [0.3, 0.4) is 0 Å². The summed E-state index contributed by atoms with van der Waals surface area (Å²) >= 11 is 0. The predicted molar refractivity (Wildman–Crippen MR) is 107 cm³/mol. The summed E-state index contributed by atoms with van der Waals surface area (Å²) in [6.45, 7) is 1.67. The fraction of sp³-hybridized carbons (Fsp3) is 0.500. The summed E-state index contributed by atoms with van der Waals surface area (Å²) in [6, 6.07) is 8.18. The van der Waals surface area contributed by atoms with Gasteiger partial charge in [-0.25, -0.2) is 9.18 Å². The molecule has 1 atom stereocenters. The van der Waals surface area contributed by atoms with Gasteiger partial charge in [0.1, 0.15) is 24.3 Å². The standard InChI is InChI=1S/C22H23FN4O3/c1-29-17-9-22(10-17)4-5-26-16(8-22)12-27-20(26)7-19(25-21(27)28)30-13-14-2-3-18(23)15(6-14)11-24/h2-3,6-7,16-17H,4-5,8-10,12-13H2,1H3. The van der Waals surface area contributed by atoms with E-state index in [0.29, 0.717) is 29.7 Å². The van der Waals surface area contributed by atoms with Gasteiger partial charge in [-0.2, -0.15) is 10.2 Å². The van der Waals surface area contributed by atoms with Crippen LogP contribution in [0.4, 0.5) is 10.2 Å². The monoisotopic (exact) mass is 410 g/mol. The second-order valence-electron chi connectivity index (χ2n) is 8.63. The van der Waals surface area contributed by atoms with E-state index < -0.39 is 5.82 Å². The minimum absolute atomic E-state index is 0.0325.